The monoisotopic (exact) mass is 406 g/mol. The number of carbonyl (C=O) groups excluding carboxylic acids is 2. The molecule has 1 heterocycles. The molecule has 0 aromatic heterocycles. The second kappa shape index (κ2) is 7.98. The van der Waals surface area contributed by atoms with E-state index in [-0.39, 0.29) is 11.3 Å². The first-order chi connectivity index (χ1) is 12.9. The molecule has 1 aliphatic rings. The number of nitro groups is 1. The highest BCUT2D eigenvalue weighted by Crippen LogP contribution is 2.43. The van der Waals surface area contributed by atoms with Crippen LogP contribution in [0.15, 0.2) is 48.5 Å². The zero-order valence-electron chi connectivity index (χ0n) is 14.2. The molecule has 9 heteroatoms. The molecule has 1 amide bonds. The van der Waals surface area contributed by atoms with E-state index in [2.05, 4.69) is 0 Å². The highest BCUT2D eigenvalue weighted by Gasteiger charge is 2.43. The number of amides is 1. The third-order valence-corrected chi connectivity index (χ3v) is 5.70. The van der Waals surface area contributed by atoms with Crippen molar-refractivity contribution in [1.82, 2.24) is 4.90 Å². The number of halogens is 1. The summed E-state index contributed by atoms with van der Waals surface area (Å²) in [5.41, 5.74) is 0.701. The molecule has 0 spiro atoms. The molecule has 2 aromatic carbocycles. The Hall–Kier alpha value is -2.58. The molecule has 1 fully saturated rings. The van der Waals surface area contributed by atoms with Crippen molar-refractivity contribution in [2.75, 3.05) is 12.9 Å². The normalized spacial score (nSPS) is 19.0. The van der Waals surface area contributed by atoms with Gasteiger partial charge in [0.2, 0.25) is 0 Å². The van der Waals surface area contributed by atoms with Gasteiger partial charge in [-0.25, -0.2) is 4.79 Å². The number of ether oxygens (including phenoxy) is 1. The van der Waals surface area contributed by atoms with E-state index >= 15 is 0 Å². The van der Waals surface area contributed by atoms with E-state index < -0.39 is 28.2 Å². The number of non-ortho nitro benzene ring substituents is 1. The van der Waals surface area contributed by atoms with Gasteiger partial charge in [0.25, 0.3) is 11.6 Å². The van der Waals surface area contributed by atoms with Crippen molar-refractivity contribution in [2.45, 2.75) is 11.4 Å². The molecule has 2 aromatic rings. The van der Waals surface area contributed by atoms with Crippen LogP contribution in [0, 0.1) is 10.1 Å². The molecule has 0 aliphatic carbocycles. The fraction of sp³-hybridized carbons (Fsp3) is 0.222. The fourth-order valence-corrected chi connectivity index (χ4v) is 4.49. The first kappa shape index (κ1) is 19.2. The number of rotatable bonds is 4. The fourth-order valence-electron chi connectivity index (χ4n) is 2.89. The van der Waals surface area contributed by atoms with Gasteiger partial charge in [-0.1, -0.05) is 29.8 Å². The summed E-state index contributed by atoms with van der Waals surface area (Å²) in [6.45, 7) is 0. The predicted octanol–water partition coefficient (Wildman–Crippen LogP) is 3.68. The van der Waals surface area contributed by atoms with Gasteiger partial charge in [0.1, 0.15) is 11.4 Å². The molecule has 1 aliphatic heterocycles. The van der Waals surface area contributed by atoms with Crippen LogP contribution in [-0.2, 0) is 9.53 Å². The van der Waals surface area contributed by atoms with Crippen molar-refractivity contribution in [2.24, 2.45) is 0 Å². The number of esters is 1. The molecule has 27 heavy (non-hydrogen) atoms. The number of nitrogens with zero attached hydrogens (tertiary/aromatic N) is 2. The summed E-state index contributed by atoms with van der Waals surface area (Å²) in [7, 11) is 1.26. The zero-order chi connectivity index (χ0) is 19.6. The average Bonchev–Trinajstić information content (AvgIpc) is 3.12. The maximum Gasteiger partial charge on any atom is 0.329 e. The first-order valence-corrected chi connectivity index (χ1v) is 9.37. The highest BCUT2D eigenvalue weighted by atomic mass is 35.5. The van der Waals surface area contributed by atoms with Gasteiger partial charge < -0.3 is 9.64 Å². The summed E-state index contributed by atoms with van der Waals surface area (Å²) < 4.78 is 4.84. The number of hydrogen-bond donors (Lipinski definition) is 0. The van der Waals surface area contributed by atoms with Gasteiger partial charge in [0.15, 0.2) is 0 Å². The van der Waals surface area contributed by atoms with E-state index in [1.807, 2.05) is 6.07 Å². The summed E-state index contributed by atoms with van der Waals surface area (Å²) in [4.78, 5) is 37.2. The molecule has 3 rings (SSSR count). The zero-order valence-corrected chi connectivity index (χ0v) is 15.8. The highest BCUT2D eigenvalue weighted by molar-refractivity contribution is 7.99. The van der Waals surface area contributed by atoms with Crippen LogP contribution in [0.1, 0.15) is 21.3 Å². The Morgan fingerprint density at radius 1 is 1.26 bits per heavy atom. The van der Waals surface area contributed by atoms with Crippen LogP contribution in [0.5, 0.6) is 0 Å². The van der Waals surface area contributed by atoms with Crippen LogP contribution in [0.2, 0.25) is 5.02 Å². The molecule has 0 N–H and O–H groups in total. The largest absolute Gasteiger partial charge is 0.467 e. The minimum Gasteiger partial charge on any atom is -0.467 e. The second-order valence-corrected chi connectivity index (χ2v) is 7.35. The molecule has 7 nitrogen and oxygen atoms in total. The Labute approximate surface area is 164 Å². The molecule has 1 saturated heterocycles. The molecule has 2 atom stereocenters. The van der Waals surface area contributed by atoms with Crippen LogP contribution < -0.4 is 0 Å². The van der Waals surface area contributed by atoms with Crippen LogP contribution in [0.3, 0.4) is 0 Å². The van der Waals surface area contributed by atoms with E-state index in [0.717, 1.165) is 5.56 Å². The Balaban J connectivity index is 2.02. The minimum atomic E-state index is -0.796. The first-order valence-electron chi connectivity index (χ1n) is 7.94. The molecular formula is C18H15ClN2O5S. The molecule has 0 saturated carbocycles. The summed E-state index contributed by atoms with van der Waals surface area (Å²) in [6.07, 6.45) is 0. The number of methoxy groups -OCH3 is 1. The number of benzene rings is 2. The Morgan fingerprint density at radius 2 is 2.00 bits per heavy atom. The van der Waals surface area contributed by atoms with E-state index in [0.29, 0.717) is 10.8 Å². The van der Waals surface area contributed by atoms with Gasteiger partial charge in [0.05, 0.1) is 12.0 Å². The van der Waals surface area contributed by atoms with E-state index in [1.165, 1.54) is 48.0 Å². The molecule has 2 unspecified atom stereocenters. The number of hydrogen-bond acceptors (Lipinski definition) is 6. The summed E-state index contributed by atoms with van der Waals surface area (Å²) in [6, 6.07) is 11.7. The van der Waals surface area contributed by atoms with Gasteiger partial charge >= 0.3 is 5.97 Å². The Bertz CT molecular complexity index is 907. The van der Waals surface area contributed by atoms with Crippen LogP contribution >= 0.6 is 23.4 Å². The standard InChI is InChI=1S/C18H15ClN2O5S/c1-26-18(23)15-10-27-17(12-5-2-6-13(19)8-12)20(15)16(22)11-4-3-7-14(9-11)21(24)25/h2-9,15,17H,10H2,1H3. The summed E-state index contributed by atoms with van der Waals surface area (Å²) in [5.74, 6) is -0.667. The second-order valence-electron chi connectivity index (χ2n) is 5.80. The summed E-state index contributed by atoms with van der Waals surface area (Å²) >= 11 is 7.48. The number of carbonyl (C=O) groups is 2. The average molecular weight is 407 g/mol. The summed E-state index contributed by atoms with van der Waals surface area (Å²) in [5, 5.41) is 11.1. The predicted molar refractivity (Wildman–Crippen MR) is 102 cm³/mol. The van der Waals surface area contributed by atoms with Gasteiger partial charge in [-0.3, -0.25) is 14.9 Å². The van der Waals surface area contributed by atoms with Crippen molar-refractivity contribution in [1.29, 1.82) is 0 Å². The van der Waals surface area contributed by atoms with Crippen LogP contribution in [0.25, 0.3) is 0 Å². The molecule has 0 bridgehead atoms. The van der Waals surface area contributed by atoms with Crippen LogP contribution in [-0.4, -0.2) is 40.6 Å². The number of nitro benzene ring substituents is 1. The van der Waals surface area contributed by atoms with Crippen molar-refractivity contribution in [3.05, 3.63) is 74.8 Å². The molecule has 0 radical (unpaired) electrons. The lowest BCUT2D eigenvalue weighted by Gasteiger charge is -2.28. The van der Waals surface area contributed by atoms with E-state index in [1.54, 1.807) is 18.2 Å². The van der Waals surface area contributed by atoms with Crippen molar-refractivity contribution in [3.8, 4) is 0 Å². The lowest BCUT2D eigenvalue weighted by molar-refractivity contribution is -0.384. The maximum atomic E-state index is 13.2. The lowest BCUT2D eigenvalue weighted by atomic mass is 10.1. The van der Waals surface area contributed by atoms with Crippen LogP contribution in [0.4, 0.5) is 5.69 Å². The quantitative estimate of drug-likeness (QED) is 0.437. The lowest BCUT2D eigenvalue weighted by Crippen LogP contribution is -2.43. The number of thioether (sulfide) groups is 1. The SMILES string of the molecule is COC(=O)C1CSC(c2cccc(Cl)c2)N1C(=O)c1cccc([N+](=O)[O-])c1. The van der Waals surface area contributed by atoms with E-state index in [9.17, 15) is 19.7 Å². The third kappa shape index (κ3) is 3.91. The molecule has 140 valence electrons. The van der Waals surface area contributed by atoms with Gasteiger partial charge in [-0.15, -0.1) is 11.8 Å². The van der Waals surface area contributed by atoms with Crippen molar-refractivity contribution >= 4 is 40.9 Å². The van der Waals surface area contributed by atoms with Gasteiger partial charge in [0, 0.05) is 28.5 Å². The minimum absolute atomic E-state index is 0.132. The Kier molecular flexibility index (Phi) is 5.67. The van der Waals surface area contributed by atoms with Crippen molar-refractivity contribution in [3.63, 3.8) is 0 Å². The maximum absolute atomic E-state index is 13.2. The van der Waals surface area contributed by atoms with Crippen molar-refractivity contribution < 1.29 is 19.2 Å². The molecular weight excluding hydrogens is 392 g/mol. The topological polar surface area (TPSA) is 89.8 Å². The third-order valence-electron chi connectivity index (χ3n) is 4.15. The van der Waals surface area contributed by atoms with Gasteiger partial charge in [-0.05, 0) is 23.8 Å². The van der Waals surface area contributed by atoms with Gasteiger partial charge in [-0.2, -0.15) is 0 Å². The Morgan fingerprint density at radius 3 is 2.67 bits per heavy atom. The smallest absolute Gasteiger partial charge is 0.329 e. The van der Waals surface area contributed by atoms with E-state index in [4.69, 9.17) is 16.3 Å².